The maximum absolute atomic E-state index is 11.9. The number of carbonyl (C=O) groups is 1. The van der Waals surface area contributed by atoms with Crippen LogP contribution in [0.4, 0.5) is 0 Å². The normalized spacial score (nSPS) is 9.95. The standard InChI is InChI=1S/C16H17NO2/c1-19-15-10-6-5-9-14(15)11-16(18)17-12-13-7-3-2-4-8-13/h2-10H,11-12H2,1H3,(H,17,18). The predicted octanol–water partition coefficient (Wildman–Crippen LogP) is 2.55. The van der Waals surface area contributed by atoms with Gasteiger partial charge in [0.25, 0.3) is 0 Å². The van der Waals surface area contributed by atoms with E-state index in [1.165, 1.54) is 0 Å². The van der Waals surface area contributed by atoms with Gasteiger partial charge in [-0.1, -0.05) is 48.5 Å². The topological polar surface area (TPSA) is 38.3 Å². The second-order valence-electron chi connectivity index (χ2n) is 4.25. The molecule has 0 bridgehead atoms. The minimum absolute atomic E-state index is 0.00615. The number of methoxy groups -OCH3 is 1. The molecule has 0 aliphatic rings. The second-order valence-corrected chi connectivity index (χ2v) is 4.25. The Labute approximate surface area is 113 Å². The van der Waals surface area contributed by atoms with E-state index in [1.807, 2.05) is 54.6 Å². The Morgan fingerprint density at radius 3 is 2.47 bits per heavy atom. The number of nitrogens with one attached hydrogen (secondary N) is 1. The smallest absolute Gasteiger partial charge is 0.224 e. The predicted molar refractivity (Wildman–Crippen MR) is 75.0 cm³/mol. The van der Waals surface area contributed by atoms with Crippen molar-refractivity contribution in [1.29, 1.82) is 0 Å². The third kappa shape index (κ3) is 3.85. The van der Waals surface area contributed by atoms with Crippen LogP contribution >= 0.6 is 0 Å². The van der Waals surface area contributed by atoms with Crippen LogP contribution in [-0.4, -0.2) is 13.0 Å². The van der Waals surface area contributed by atoms with Gasteiger partial charge in [0.1, 0.15) is 5.75 Å². The van der Waals surface area contributed by atoms with Crippen molar-refractivity contribution >= 4 is 5.91 Å². The first kappa shape index (κ1) is 13.1. The van der Waals surface area contributed by atoms with Gasteiger partial charge in [-0.15, -0.1) is 0 Å². The van der Waals surface area contributed by atoms with Crippen LogP contribution in [0, 0.1) is 0 Å². The highest BCUT2D eigenvalue weighted by Gasteiger charge is 2.07. The van der Waals surface area contributed by atoms with Gasteiger partial charge in [0.2, 0.25) is 5.91 Å². The van der Waals surface area contributed by atoms with E-state index >= 15 is 0 Å². The molecule has 0 atom stereocenters. The summed E-state index contributed by atoms with van der Waals surface area (Å²) in [4.78, 5) is 11.9. The average Bonchev–Trinajstić information content (AvgIpc) is 2.47. The van der Waals surface area contributed by atoms with Gasteiger partial charge in [0, 0.05) is 12.1 Å². The van der Waals surface area contributed by atoms with E-state index in [1.54, 1.807) is 7.11 Å². The largest absolute Gasteiger partial charge is 0.496 e. The summed E-state index contributed by atoms with van der Waals surface area (Å²) in [6, 6.07) is 17.4. The summed E-state index contributed by atoms with van der Waals surface area (Å²) in [6.45, 7) is 0.550. The molecule has 0 spiro atoms. The van der Waals surface area contributed by atoms with E-state index in [4.69, 9.17) is 4.74 Å². The molecule has 0 radical (unpaired) electrons. The Hall–Kier alpha value is -2.29. The molecular formula is C16H17NO2. The second kappa shape index (κ2) is 6.59. The zero-order valence-electron chi connectivity index (χ0n) is 10.9. The minimum atomic E-state index is -0.00615. The summed E-state index contributed by atoms with van der Waals surface area (Å²) < 4.78 is 5.23. The van der Waals surface area contributed by atoms with Gasteiger partial charge in [0.15, 0.2) is 0 Å². The summed E-state index contributed by atoms with van der Waals surface area (Å²) in [5.41, 5.74) is 1.99. The number of benzene rings is 2. The minimum Gasteiger partial charge on any atom is -0.496 e. The molecule has 1 amide bonds. The van der Waals surface area contributed by atoms with Crippen LogP contribution in [0.5, 0.6) is 5.75 Å². The summed E-state index contributed by atoms with van der Waals surface area (Å²) in [5, 5.41) is 2.90. The Morgan fingerprint density at radius 2 is 1.74 bits per heavy atom. The van der Waals surface area contributed by atoms with Crippen molar-refractivity contribution in [2.24, 2.45) is 0 Å². The first-order chi connectivity index (χ1) is 9.29. The summed E-state index contributed by atoms with van der Waals surface area (Å²) in [7, 11) is 1.61. The molecule has 98 valence electrons. The number of ether oxygens (including phenoxy) is 1. The van der Waals surface area contributed by atoms with Crippen molar-refractivity contribution < 1.29 is 9.53 Å². The van der Waals surface area contributed by atoms with E-state index in [0.29, 0.717) is 13.0 Å². The zero-order valence-corrected chi connectivity index (χ0v) is 10.9. The van der Waals surface area contributed by atoms with E-state index in [9.17, 15) is 4.79 Å². The van der Waals surface area contributed by atoms with Crippen LogP contribution in [0.3, 0.4) is 0 Å². The molecule has 0 saturated heterocycles. The molecule has 3 nitrogen and oxygen atoms in total. The van der Waals surface area contributed by atoms with Gasteiger partial charge in [-0.2, -0.15) is 0 Å². The number of amides is 1. The van der Waals surface area contributed by atoms with E-state index < -0.39 is 0 Å². The highest BCUT2D eigenvalue weighted by Crippen LogP contribution is 2.17. The van der Waals surface area contributed by atoms with Gasteiger partial charge < -0.3 is 10.1 Å². The highest BCUT2D eigenvalue weighted by molar-refractivity contribution is 5.79. The lowest BCUT2D eigenvalue weighted by Gasteiger charge is -2.08. The maximum atomic E-state index is 11.9. The van der Waals surface area contributed by atoms with Crippen molar-refractivity contribution in [1.82, 2.24) is 5.32 Å². The fourth-order valence-corrected chi connectivity index (χ4v) is 1.88. The van der Waals surface area contributed by atoms with Crippen molar-refractivity contribution in [3.63, 3.8) is 0 Å². The Bertz CT molecular complexity index is 537. The molecule has 0 aliphatic carbocycles. The average molecular weight is 255 g/mol. The van der Waals surface area contributed by atoms with E-state index in [2.05, 4.69) is 5.32 Å². The van der Waals surface area contributed by atoms with E-state index in [-0.39, 0.29) is 5.91 Å². The SMILES string of the molecule is COc1ccccc1CC(=O)NCc1ccccc1. The monoisotopic (exact) mass is 255 g/mol. The van der Waals surface area contributed by atoms with Crippen molar-refractivity contribution in [3.05, 3.63) is 65.7 Å². The third-order valence-electron chi connectivity index (χ3n) is 2.88. The van der Waals surface area contributed by atoms with Gasteiger partial charge in [0.05, 0.1) is 13.5 Å². The third-order valence-corrected chi connectivity index (χ3v) is 2.88. The van der Waals surface area contributed by atoms with Gasteiger partial charge >= 0.3 is 0 Å². The van der Waals surface area contributed by atoms with Crippen molar-refractivity contribution in [2.75, 3.05) is 7.11 Å². The molecule has 2 rings (SSSR count). The number of carbonyl (C=O) groups excluding carboxylic acids is 1. The first-order valence-electron chi connectivity index (χ1n) is 6.22. The van der Waals surface area contributed by atoms with Crippen LogP contribution in [0.1, 0.15) is 11.1 Å². The van der Waals surface area contributed by atoms with Gasteiger partial charge in [-0.05, 0) is 11.6 Å². The lowest BCUT2D eigenvalue weighted by Crippen LogP contribution is -2.24. The van der Waals surface area contributed by atoms with Crippen molar-refractivity contribution in [2.45, 2.75) is 13.0 Å². The lowest BCUT2D eigenvalue weighted by molar-refractivity contribution is -0.120. The Morgan fingerprint density at radius 1 is 1.05 bits per heavy atom. The molecule has 1 N–H and O–H groups in total. The number of hydrogen-bond donors (Lipinski definition) is 1. The molecule has 2 aromatic rings. The molecule has 0 heterocycles. The van der Waals surface area contributed by atoms with E-state index in [0.717, 1.165) is 16.9 Å². The summed E-state index contributed by atoms with van der Waals surface area (Å²) >= 11 is 0. The maximum Gasteiger partial charge on any atom is 0.224 e. The first-order valence-corrected chi connectivity index (χ1v) is 6.22. The molecule has 0 aliphatic heterocycles. The highest BCUT2D eigenvalue weighted by atomic mass is 16.5. The lowest BCUT2D eigenvalue weighted by atomic mass is 10.1. The molecule has 0 aromatic heterocycles. The molecule has 2 aromatic carbocycles. The number of rotatable bonds is 5. The quantitative estimate of drug-likeness (QED) is 0.891. The fraction of sp³-hybridized carbons (Fsp3) is 0.188. The fourth-order valence-electron chi connectivity index (χ4n) is 1.88. The zero-order chi connectivity index (χ0) is 13.5. The molecule has 0 unspecified atom stereocenters. The van der Waals surface area contributed by atoms with Crippen LogP contribution < -0.4 is 10.1 Å². The summed E-state index contributed by atoms with van der Waals surface area (Å²) in [5.74, 6) is 0.741. The molecular weight excluding hydrogens is 238 g/mol. The van der Waals surface area contributed by atoms with Crippen LogP contribution in [0.15, 0.2) is 54.6 Å². The van der Waals surface area contributed by atoms with Gasteiger partial charge in [-0.25, -0.2) is 0 Å². The summed E-state index contributed by atoms with van der Waals surface area (Å²) in [6.07, 6.45) is 0.330. The van der Waals surface area contributed by atoms with Crippen LogP contribution in [0.25, 0.3) is 0 Å². The molecule has 0 saturated carbocycles. The number of para-hydroxylation sites is 1. The Balaban J connectivity index is 1.91. The molecule has 19 heavy (non-hydrogen) atoms. The molecule has 0 fully saturated rings. The number of hydrogen-bond acceptors (Lipinski definition) is 2. The van der Waals surface area contributed by atoms with Crippen LogP contribution in [0.2, 0.25) is 0 Å². The molecule has 3 heteroatoms. The van der Waals surface area contributed by atoms with Crippen molar-refractivity contribution in [3.8, 4) is 5.75 Å². The Kier molecular flexibility index (Phi) is 4.56. The van der Waals surface area contributed by atoms with Gasteiger partial charge in [-0.3, -0.25) is 4.79 Å². The van der Waals surface area contributed by atoms with Crippen LogP contribution in [-0.2, 0) is 17.8 Å².